The van der Waals surface area contributed by atoms with E-state index in [-0.39, 0.29) is 12.2 Å². The van der Waals surface area contributed by atoms with Crippen molar-refractivity contribution < 1.29 is 14.3 Å². The average molecular weight is 382 g/mol. The Labute approximate surface area is 162 Å². The molecule has 0 aliphatic rings. The lowest BCUT2D eigenvalue weighted by Gasteiger charge is -2.11. The molecule has 0 saturated carbocycles. The molecule has 27 heavy (non-hydrogen) atoms. The van der Waals surface area contributed by atoms with Crippen LogP contribution in [-0.2, 0) is 4.79 Å². The molecule has 0 unspecified atom stereocenters. The van der Waals surface area contributed by atoms with Crippen LogP contribution in [0, 0.1) is 22.7 Å². The van der Waals surface area contributed by atoms with Crippen molar-refractivity contribution in [2.75, 3.05) is 18.5 Å². The van der Waals surface area contributed by atoms with E-state index < -0.39 is 5.91 Å². The van der Waals surface area contributed by atoms with Crippen LogP contribution in [-0.4, -0.2) is 19.1 Å². The number of benzene rings is 2. The molecule has 0 aliphatic heterocycles. The Balaban J connectivity index is 2.25. The number of hydrogen-bond donors (Lipinski definition) is 1. The second kappa shape index (κ2) is 9.86. The summed E-state index contributed by atoms with van der Waals surface area (Å²) in [6.07, 6.45) is 1.44. The number of nitrogens with one attached hydrogen (secondary N) is 1. The van der Waals surface area contributed by atoms with E-state index in [1.54, 1.807) is 42.5 Å². The van der Waals surface area contributed by atoms with Crippen molar-refractivity contribution in [3.63, 3.8) is 0 Å². The summed E-state index contributed by atoms with van der Waals surface area (Å²) >= 11 is 5.89. The van der Waals surface area contributed by atoms with Gasteiger partial charge in [0.2, 0.25) is 0 Å². The number of ether oxygens (including phenoxy) is 2. The minimum atomic E-state index is -0.553. The molecular weight excluding hydrogens is 366 g/mol. The average Bonchev–Trinajstić information content (AvgIpc) is 2.65. The van der Waals surface area contributed by atoms with Crippen LogP contribution in [0.2, 0.25) is 5.02 Å². The Kier molecular flexibility index (Phi) is 7.25. The number of carbonyl (C=O) groups is 1. The van der Waals surface area contributed by atoms with Crippen LogP contribution in [0.1, 0.15) is 12.5 Å². The van der Waals surface area contributed by atoms with Crippen LogP contribution in [0.25, 0.3) is 6.08 Å². The van der Waals surface area contributed by atoms with Gasteiger partial charge in [0.1, 0.15) is 17.7 Å². The van der Waals surface area contributed by atoms with Crippen LogP contribution in [0.3, 0.4) is 0 Å². The van der Waals surface area contributed by atoms with Crippen LogP contribution in [0.5, 0.6) is 11.5 Å². The molecule has 0 aromatic heterocycles. The predicted octanol–water partition coefficient (Wildman–Crippen LogP) is 4.19. The Hall–Kier alpha value is -3.48. The van der Waals surface area contributed by atoms with Gasteiger partial charge in [0.15, 0.2) is 18.1 Å². The fraction of sp³-hybridized carbons (Fsp3) is 0.150. The van der Waals surface area contributed by atoms with E-state index >= 15 is 0 Å². The van der Waals surface area contributed by atoms with E-state index in [9.17, 15) is 10.1 Å². The normalized spacial score (nSPS) is 10.4. The Morgan fingerprint density at radius 3 is 2.67 bits per heavy atom. The number of rotatable bonds is 7. The van der Waals surface area contributed by atoms with Crippen LogP contribution in [0.4, 0.5) is 5.69 Å². The second-order valence-corrected chi connectivity index (χ2v) is 5.66. The van der Waals surface area contributed by atoms with Gasteiger partial charge in [-0.25, -0.2) is 0 Å². The summed E-state index contributed by atoms with van der Waals surface area (Å²) in [7, 11) is 0. The molecule has 1 N–H and O–H groups in total. The zero-order valence-corrected chi connectivity index (χ0v) is 15.3. The Morgan fingerprint density at radius 2 is 2.00 bits per heavy atom. The Morgan fingerprint density at radius 1 is 1.19 bits per heavy atom. The number of nitrogens with zero attached hydrogens (tertiary/aromatic N) is 2. The molecule has 0 aliphatic carbocycles. The summed E-state index contributed by atoms with van der Waals surface area (Å²) in [4.78, 5) is 12.3. The van der Waals surface area contributed by atoms with Gasteiger partial charge in [-0.1, -0.05) is 23.7 Å². The first-order valence-corrected chi connectivity index (χ1v) is 8.40. The van der Waals surface area contributed by atoms with Gasteiger partial charge in [0.05, 0.1) is 6.61 Å². The van der Waals surface area contributed by atoms with Crippen LogP contribution in [0.15, 0.2) is 48.0 Å². The molecule has 1 amide bonds. The molecule has 0 heterocycles. The highest BCUT2D eigenvalue weighted by Gasteiger charge is 2.11. The molecule has 0 spiro atoms. The molecule has 2 rings (SSSR count). The molecule has 136 valence electrons. The van der Waals surface area contributed by atoms with E-state index in [1.807, 2.05) is 19.1 Å². The Bertz CT molecular complexity index is 942. The number of carbonyl (C=O) groups excluding carboxylic acids is 1. The molecule has 0 bridgehead atoms. The summed E-state index contributed by atoms with van der Waals surface area (Å²) in [6.45, 7) is 2.10. The summed E-state index contributed by atoms with van der Waals surface area (Å²) < 4.78 is 10.8. The number of amides is 1. The summed E-state index contributed by atoms with van der Waals surface area (Å²) in [6, 6.07) is 15.3. The third-order valence-corrected chi connectivity index (χ3v) is 3.55. The lowest BCUT2D eigenvalue weighted by Crippen LogP contribution is -2.13. The standard InChI is InChI=1S/C20H16ClN3O3/c1-2-26-19-11-14(6-7-18(19)27-9-8-22)10-15(13-23)20(25)24-17-5-3-4-16(21)12-17/h3-7,10-12H,2,9H2,1H3,(H,24,25)/b15-10+. The van der Waals surface area contributed by atoms with E-state index in [1.165, 1.54) is 6.08 Å². The van der Waals surface area contributed by atoms with Gasteiger partial charge in [-0.3, -0.25) is 4.79 Å². The largest absolute Gasteiger partial charge is 0.490 e. The highest BCUT2D eigenvalue weighted by molar-refractivity contribution is 6.31. The van der Waals surface area contributed by atoms with Crippen molar-refractivity contribution in [3.8, 4) is 23.6 Å². The number of anilines is 1. The third-order valence-electron chi connectivity index (χ3n) is 3.32. The molecule has 0 atom stereocenters. The van der Waals surface area contributed by atoms with Gasteiger partial charge in [-0.05, 0) is 48.9 Å². The highest BCUT2D eigenvalue weighted by Crippen LogP contribution is 2.29. The van der Waals surface area contributed by atoms with Crippen molar-refractivity contribution in [1.82, 2.24) is 0 Å². The molecule has 2 aromatic carbocycles. The number of hydrogen-bond acceptors (Lipinski definition) is 5. The van der Waals surface area contributed by atoms with E-state index in [2.05, 4.69) is 5.32 Å². The lowest BCUT2D eigenvalue weighted by molar-refractivity contribution is -0.112. The van der Waals surface area contributed by atoms with Crippen LogP contribution >= 0.6 is 11.6 Å². The minimum absolute atomic E-state index is 0.0804. The first-order chi connectivity index (χ1) is 13.1. The molecule has 0 fully saturated rings. The maximum atomic E-state index is 12.3. The fourth-order valence-corrected chi connectivity index (χ4v) is 2.38. The van der Waals surface area contributed by atoms with Gasteiger partial charge >= 0.3 is 0 Å². The number of halogens is 1. The van der Waals surface area contributed by atoms with Crippen molar-refractivity contribution >= 4 is 29.3 Å². The van der Waals surface area contributed by atoms with Gasteiger partial charge in [-0.2, -0.15) is 10.5 Å². The van der Waals surface area contributed by atoms with E-state index in [0.29, 0.717) is 34.4 Å². The maximum Gasteiger partial charge on any atom is 0.266 e. The third kappa shape index (κ3) is 5.78. The summed E-state index contributed by atoms with van der Waals surface area (Å²) in [5, 5.41) is 21.1. The molecule has 0 saturated heterocycles. The van der Waals surface area contributed by atoms with Gasteiger partial charge in [-0.15, -0.1) is 0 Å². The van der Waals surface area contributed by atoms with Crippen molar-refractivity contribution in [1.29, 1.82) is 10.5 Å². The zero-order chi connectivity index (χ0) is 19.6. The summed E-state index contributed by atoms with van der Waals surface area (Å²) in [5.74, 6) is 0.286. The molecule has 7 heteroatoms. The van der Waals surface area contributed by atoms with Gasteiger partial charge in [0.25, 0.3) is 5.91 Å². The predicted molar refractivity (Wildman–Crippen MR) is 102 cm³/mol. The smallest absolute Gasteiger partial charge is 0.266 e. The zero-order valence-electron chi connectivity index (χ0n) is 14.5. The van der Waals surface area contributed by atoms with E-state index in [4.69, 9.17) is 26.3 Å². The van der Waals surface area contributed by atoms with Crippen molar-refractivity contribution in [3.05, 3.63) is 58.6 Å². The second-order valence-electron chi connectivity index (χ2n) is 5.22. The molecule has 2 aromatic rings. The molecule has 0 radical (unpaired) electrons. The van der Waals surface area contributed by atoms with Gasteiger partial charge in [0, 0.05) is 10.7 Å². The van der Waals surface area contributed by atoms with Crippen LogP contribution < -0.4 is 14.8 Å². The summed E-state index contributed by atoms with van der Waals surface area (Å²) in [5.41, 5.74) is 0.993. The number of nitriles is 2. The van der Waals surface area contributed by atoms with Gasteiger partial charge < -0.3 is 14.8 Å². The highest BCUT2D eigenvalue weighted by atomic mass is 35.5. The quantitative estimate of drug-likeness (QED) is 0.573. The monoisotopic (exact) mass is 381 g/mol. The topological polar surface area (TPSA) is 95.1 Å². The van der Waals surface area contributed by atoms with E-state index in [0.717, 1.165) is 0 Å². The molecule has 6 nitrogen and oxygen atoms in total. The first kappa shape index (κ1) is 19.8. The van der Waals surface area contributed by atoms with Crippen molar-refractivity contribution in [2.45, 2.75) is 6.92 Å². The van der Waals surface area contributed by atoms with Crippen molar-refractivity contribution in [2.24, 2.45) is 0 Å². The lowest BCUT2D eigenvalue weighted by atomic mass is 10.1. The fourth-order valence-electron chi connectivity index (χ4n) is 2.19. The minimum Gasteiger partial charge on any atom is -0.490 e. The first-order valence-electron chi connectivity index (χ1n) is 8.02. The maximum absolute atomic E-state index is 12.3. The SMILES string of the molecule is CCOc1cc(/C=C(\C#N)C(=O)Nc2cccc(Cl)c2)ccc1OCC#N. The molecular formula is C20H16ClN3O3.